The Balaban J connectivity index is 1.83. The summed E-state index contributed by atoms with van der Waals surface area (Å²) in [7, 11) is 3.44. The molecule has 124 valence electrons. The molecule has 2 nitrogen and oxygen atoms in total. The summed E-state index contributed by atoms with van der Waals surface area (Å²) < 4.78 is 10.7. The van der Waals surface area contributed by atoms with E-state index in [4.69, 9.17) is 9.47 Å². The highest BCUT2D eigenvalue weighted by molar-refractivity contribution is 5.94. The molecule has 2 aromatic carbocycles. The first-order chi connectivity index (χ1) is 11.8. The molecule has 3 aliphatic carbocycles. The molecule has 2 bridgehead atoms. The van der Waals surface area contributed by atoms with Gasteiger partial charge in [-0.05, 0) is 84.1 Å². The first-order valence-electron chi connectivity index (χ1n) is 8.83. The van der Waals surface area contributed by atoms with Crippen molar-refractivity contribution in [2.45, 2.75) is 25.7 Å². The largest absolute Gasteiger partial charge is 0.497 e. The number of hydrogen-bond acceptors (Lipinski definition) is 2. The van der Waals surface area contributed by atoms with Gasteiger partial charge < -0.3 is 9.47 Å². The summed E-state index contributed by atoms with van der Waals surface area (Å²) in [6, 6.07) is 17.2. The van der Waals surface area contributed by atoms with Gasteiger partial charge in [0.2, 0.25) is 0 Å². The monoisotopic (exact) mass is 320 g/mol. The Morgan fingerprint density at radius 1 is 0.583 bits per heavy atom. The number of methoxy groups -OCH3 is 2. The van der Waals surface area contributed by atoms with Crippen LogP contribution in [0.4, 0.5) is 0 Å². The van der Waals surface area contributed by atoms with E-state index in [0.717, 1.165) is 11.5 Å². The third-order valence-electron chi connectivity index (χ3n) is 5.64. The van der Waals surface area contributed by atoms with Gasteiger partial charge in [-0.2, -0.15) is 0 Å². The average molecular weight is 320 g/mol. The molecule has 24 heavy (non-hydrogen) atoms. The van der Waals surface area contributed by atoms with Gasteiger partial charge >= 0.3 is 0 Å². The molecule has 0 spiro atoms. The lowest BCUT2D eigenvalue weighted by Crippen LogP contribution is -2.25. The fraction of sp³-hybridized carbons (Fsp3) is 0.364. The Hall–Kier alpha value is -2.22. The lowest BCUT2D eigenvalue weighted by Gasteiger charge is -2.41. The molecular weight excluding hydrogens is 296 g/mol. The smallest absolute Gasteiger partial charge is 0.118 e. The molecule has 3 aliphatic rings. The highest BCUT2D eigenvalue weighted by Crippen LogP contribution is 2.53. The maximum atomic E-state index is 5.33. The van der Waals surface area contributed by atoms with E-state index in [9.17, 15) is 0 Å². The summed E-state index contributed by atoms with van der Waals surface area (Å²) in [5.74, 6) is 3.23. The zero-order valence-corrected chi connectivity index (χ0v) is 14.4. The van der Waals surface area contributed by atoms with E-state index in [1.807, 2.05) is 0 Å². The van der Waals surface area contributed by atoms with Crippen LogP contribution in [0.1, 0.15) is 36.8 Å². The van der Waals surface area contributed by atoms with E-state index in [1.165, 1.54) is 36.8 Å². The first kappa shape index (κ1) is 15.3. The van der Waals surface area contributed by atoms with Crippen LogP contribution in [-0.4, -0.2) is 14.2 Å². The van der Waals surface area contributed by atoms with Crippen molar-refractivity contribution in [3.05, 3.63) is 59.7 Å². The summed E-state index contributed by atoms with van der Waals surface area (Å²) in [6.07, 6.45) is 5.30. The fourth-order valence-corrected chi connectivity index (χ4v) is 4.43. The third kappa shape index (κ3) is 2.60. The topological polar surface area (TPSA) is 18.5 Å². The van der Waals surface area contributed by atoms with Gasteiger partial charge in [0.1, 0.15) is 11.5 Å². The third-order valence-corrected chi connectivity index (χ3v) is 5.64. The summed E-state index contributed by atoms with van der Waals surface area (Å²) >= 11 is 0. The zero-order chi connectivity index (χ0) is 16.5. The Bertz CT molecular complexity index is 667. The normalized spacial score (nSPS) is 22.6. The van der Waals surface area contributed by atoms with E-state index >= 15 is 0 Å². The van der Waals surface area contributed by atoms with Gasteiger partial charge in [-0.25, -0.2) is 0 Å². The molecule has 0 N–H and O–H groups in total. The van der Waals surface area contributed by atoms with Gasteiger partial charge in [-0.3, -0.25) is 0 Å². The number of hydrogen-bond donors (Lipinski definition) is 0. The van der Waals surface area contributed by atoms with Crippen molar-refractivity contribution in [2.24, 2.45) is 11.8 Å². The van der Waals surface area contributed by atoms with Crippen molar-refractivity contribution in [2.75, 3.05) is 14.2 Å². The lowest BCUT2D eigenvalue weighted by molar-refractivity contribution is 0.351. The van der Waals surface area contributed by atoms with Crippen LogP contribution in [0.15, 0.2) is 48.5 Å². The van der Waals surface area contributed by atoms with Crippen LogP contribution in [0, 0.1) is 11.8 Å². The van der Waals surface area contributed by atoms with Gasteiger partial charge in [-0.15, -0.1) is 0 Å². The van der Waals surface area contributed by atoms with Gasteiger partial charge in [0.05, 0.1) is 14.2 Å². The molecule has 0 aliphatic heterocycles. The number of allylic oxidation sites excluding steroid dienone is 2. The van der Waals surface area contributed by atoms with E-state index in [2.05, 4.69) is 48.5 Å². The first-order valence-corrected chi connectivity index (χ1v) is 8.83. The number of benzene rings is 2. The van der Waals surface area contributed by atoms with Gasteiger partial charge in [0.25, 0.3) is 0 Å². The van der Waals surface area contributed by atoms with Crippen molar-refractivity contribution in [3.8, 4) is 11.5 Å². The molecular formula is C22H24O2. The summed E-state index contributed by atoms with van der Waals surface area (Å²) in [6.45, 7) is 0. The Morgan fingerprint density at radius 2 is 0.917 bits per heavy atom. The number of ether oxygens (including phenoxy) is 2. The second-order valence-electron chi connectivity index (χ2n) is 6.83. The van der Waals surface area contributed by atoms with Crippen LogP contribution in [0.3, 0.4) is 0 Å². The van der Waals surface area contributed by atoms with Crippen molar-refractivity contribution >= 4 is 11.1 Å². The van der Waals surface area contributed by atoms with Gasteiger partial charge in [-0.1, -0.05) is 24.3 Å². The highest BCUT2D eigenvalue weighted by Gasteiger charge is 2.36. The molecule has 0 amide bonds. The van der Waals surface area contributed by atoms with Crippen molar-refractivity contribution in [3.63, 3.8) is 0 Å². The molecule has 0 atom stereocenters. The lowest BCUT2D eigenvalue weighted by atomic mass is 9.64. The molecule has 1 saturated carbocycles. The molecule has 0 saturated heterocycles. The molecule has 5 rings (SSSR count). The van der Waals surface area contributed by atoms with Crippen molar-refractivity contribution < 1.29 is 9.47 Å². The van der Waals surface area contributed by atoms with Crippen molar-refractivity contribution in [1.29, 1.82) is 0 Å². The second kappa shape index (κ2) is 6.35. The molecule has 2 heteroatoms. The predicted molar refractivity (Wildman–Crippen MR) is 98.3 cm³/mol. The Labute approximate surface area is 144 Å². The van der Waals surface area contributed by atoms with Crippen LogP contribution in [0.5, 0.6) is 11.5 Å². The molecule has 0 heterocycles. The van der Waals surface area contributed by atoms with E-state index < -0.39 is 0 Å². The van der Waals surface area contributed by atoms with Crippen LogP contribution in [0.25, 0.3) is 11.1 Å². The maximum absolute atomic E-state index is 5.33. The minimum Gasteiger partial charge on any atom is -0.497 e. The fourth-order valence-electron chi connectivity index (χ4n) is 4.43. The summed E-state index contributed by atoms with van der Waals surface area (Å²) in [5.41, 5.74) is 5.84. The Kier molecular flexibility index (Phi) is 4.05. The number of rotatable bonds is 4. The highest BCUT2D eigenvalue weighted by atomic mass is 16.5. The minimum absolute atomic E-state index is 0.695. The summed E-state index contributed by atoms with van der Waals surface area (Å²) in [5, 5.41) is 0. The van der Waals surface area contributed by atoms with Gasteiger partial charge in [0, 0.05) is 0 Å². The zero-order valence-electron chi connectivity index (χ0n) is 14.4. The van der Waals surface area contributed by atoms with Crippen LogP contribution < -0.4 is 9.47 Å². The molecule has 0 aromatic heterocycles. The standard InChI is InChI=1S/C22H24O2/c1-23-19-11-7-17(8-12-19)21-15-3-5-16(6-4-15)22(21)18-9-13-20(24-2)14-10-18/h7-16H,3-6H2,1-2H3. The maximum Gasteiger partial charge on any atom is 0.118 e. The predicted octanol–water partition coefficient (Wildman–Crippen LogP) is 5.43. The minimum atomic E-state index is 0.695. The molecule has 0 unspecified atom stereocenters. The average Bonchev–Trinajstić information content (AvgIpc) is 2.68. The van der Waals surface area contributed by atoms with Gasteiger partial charge in [0.15, 0.2) is 0 Å². The molecule has 2 aromatic rings. The Morgan fingerprint density at radius 3 is 1.21 bits per heavy atom. The van der Waals surface area contributed by atoms with Crippen LogP contribution in [-0.2, 0) is 0 Å². The van der Waals surface area contributed by atoms with E-state index in [0.29, 0.717) is 11.8 Å². The van der Waals surface area contributed by atoms with E-state index in [-0.39, 0.29) is 0 Å². The van der Waals surface area contributed by atoms with Crippen molar-refractivity contribution in [1.82, 2.24) is 0 Å². The molecule has 0 radical (unpaired) electrons. The van der Waals surface area contributed by atoms with E-state index in [1.54, 1.807) is 25.4 Å². The number of fused-ring (bicyclic) bond motifs is 2. The summed E-state index contributed by atoms with van der Waals surface area (Å²) in [4.78, 5) is 0. The second-order valence-corrected chi connectivity index (χ2v) is 6.83. The van der Waals surface area contributed by atoms with Crippen LogP contribution >= 0.6 is 0 Å². The molecule has 1 fully saturated rings. The SMILES string of the molecule is COc1ccc(C2=C(c3ccc(OC)cc3)C3CCC2CC3)cc1. The quantitative estimate of drug-likeness (QED) is 0.747. The van der Waals surface area contributed by atoms with Crippen LogP contribution in [0.2, 0.25) is 0 Å².